The SMILES string of the molecule is OCc1c(-c2cc(F)ccc2F)noc1-c1cc(Cl)ccc1Cl. The molecule has 0 amide bonds. The maximum absolute atomic E-state index is 13.9. The van der Waals surface area contributed by atoms with Gasteiger partial charge in [0.2, 0.25) is 0 Å². The van der Waals surface area contributed by atoms with E-state index in [2.05, 4.69) is 5.16 Å². The van der Waals surface area contributed by atoms with E-state index < -0.39 is 18.2 Å². The number of aromatic nitrogens is 1. The maximum Gasteiger partial charge on any atom is 0.174 e. The van der Waals surface area contributed by atoms with Crippen LogP contribution in [0, 0.1) is 11.6 Å². The zero-order valence-electron chi connectivity index (χ0n) is 11.5. The minimum absolute atomic E-state index is 0.00976. The van der Waals surface area contributed by atoms with Crippen molar-refractivity contribution >= 4 is 23.2 Å². The lowest BCUT2D eigenvalue weighted by molar-refractivity contribution is 0.281. The lowest BCUT2D eigenvalue weighted by Crippen LogP contribution is -1.93. The number of halogens is 4. The van der Waals surface area contributed by atoms with Gasteiger partial charge in [-0.3, -0.25) is 0 Å². The first kappa shape index (κ1) is 15.9. The quantitative estimate of drug-likeness (QED) is 0.711. The molecule has 0 atom stereocenters. The molecule has 23 heavy (non-hydrogen) atoms. The summed E-state index contributed by atoms with van der Waals surface area (Å²) in [5.74, 6) is -1.16. The Morgan fingerprint density at radius 3 is 2.57 bits per heavy atom. The Labute approximate surface area is 140 Å². The van der Waals surface area contributed by atoms with E-state index in [4.69, 9.17) is 27.7 Å². The third kappa shape index (κ3) is 2.95. The summed E-state index contributed by atoms with van der Waals surface area (Å²) >= 11 is 12.0. The zero-order chi connectivity index (χ0) is 16.6. The minimum atomic E-state index is -0.682. The van der Waals surface area contributed by atoms with Crippen LogP contribution in [0.3, 0.4) is 0 Å². The fraction of sp³-hybridized carbons (Fsp3) is 0.0625. The van der Waals surface area contributed by atoms with Crippen molar-refractivity contribution in [1.29, 1.82) is 0 Å². The molecule has 1 heterocycles. The molecule has 7 heteroatoms. The number of aliphatic hydroxyl groups excluding tert-OH is 1. The highest BCUT2D eigenvalue weighted by Crippen LogP contribution is 2.37. The lowest BCUT2D eigenvalue weighted by Gasteiger charge is -2.05. The summed E-state index contributed by atoms with van der Waals surface area (Å²) < 4.78 is 32.6. The summed E-state index contributed by atoms with van der Waals surface area (Å²) in [4.78, 5) is 0. The first-order valence-corrected chi connectivity index (χ1v) is 7.27. The maximum atomic E-state index is 13.9. The van der Waals surface area contributed by atoms with Crippen molar-refractivity contribution in [3.8, 4) is 22.6 Å². The van der Waals surface area contributed by atoms with Crippen LogP contribution < -0.4 is 0 Å². The monoisotopic (exact) mass is 355 g/mol. The van der Waals surface area contributed by atoms with E-state index >= 15 is 0 Å². The Morgan fingerprint density at radius 2 is 1.83 bits per heavy atom. The predicted molar refractivity (Wildman–Crippen MR) is 83.2 cm³/mol. The molecular formula is C16H9Cl2F2NO2. The van der Waals surface area contributed by atoms with Crippen molar-refractivity contribution < 1.29 is 18.4 Å². The van der Waals surface area contributed by atoms with Gasteiger partial charge in [0.05, 0.1) is 17.2 Å². The molecule has 3 nitrogen and oxygen atoms in total. The molecule has 0 fully saturated rings. The second-order valence-corrected chi connectivity index (χ2v) is 5.59. The van der Waals surface area contributed by atoms with E-state index in [0.29, 0.717) is 15.6 Å². The molecule has 0 bridgehead atoms. The van der Waals surface area contributed by atoms with Gasteiger partial charge in [0, 0.05) is 16.1 Å². The molecule has 2 aromatic carbocycles. The van der Waals surface area contributed by atoms with Crippen LogP contribution in [0.2, 0.25) is 10.0 Å². The van der Waals surface area contributed by atoms with E-state index in [1.165, 1.54) is 6.07 Å². The molecule has 0 saturated heterocycles. The Kier molecular flexibility index (Phi) is 4.35. The highest BCUT2D eigenvalue weighted by Gasteiger charge is 2.22. The second kappa shape index (κ2) is 6.28. The normalized spacial score (nSPS) is 11.0. The van der Waals surface area contributed by atoms with Gasteiger partial charge < -0.3 is 9.63 Å². The number of rotatable bonds is 3. The molecule has 0 radical (unpaired) electrons. The van der Waals surface area contributed by atoms with Crippen molar-refractivity contribution in [3.63, 3.8) is 0 Å². The van der Waals surface area contributed by atoms with Gasteiger partial charge in [-0.2, -0.15) is 0 Å². The molecule has 3 aromatic rings. The molecule has 0 saturated carbocycles. The molecule has 1 N–H and O–H groups in total. The van der Waals surface area contributed by atoms with Crippen LogP contribution in [-0.4, -0.2) is 10.3 Å². The molecule has 0 aliphatic heterocycles. The molecular weight excluding hydrogens is 347 g/mol. The zero-order valence-corrected chi connectivity index (χ0v) is 13.0. The highest BCUT2D eigenvalue weighted by atomic mass is 35.5. The van der Waals surface area contributed by atoms with Gasteiger partial charge in [-0.25, -0.2) is 8.78 Å². The molecule has 0 spiro atoms. The molecule has 118 valence electrons. The molecule has 1 aromatic heterocycles. The van der Waals surface area contributed by atoms with E-state index in [1.54, 1.807) is 12.1 Å². The fourth-order valence-corrected chi connectivity index (χ4v) is 2.61. The summed E-state index contributed by atoms with van der Waals surface area (Å²) in [6.07, 6.45) is 0. The molecule has 0 aliphatic rings. The van der Waals surface area contributed by atoms with Crippen molar-refractivity contribution in [2.45, 2.75) is 6.61 Å². The highest BCUT2D eigenvalue weighted by molar-refractivity contribution is 6.35. The third-order valence-electron chi connectivity index (χ3n) is 3.30. The first-order valence-electron chi connectivity index (χ1n) is 6.51. The van der Waals surface area contributed by atoms with E-state index in [9.17, 15) is 13.9 Å². The van der Waals surface area contributed by atoms with Gasteiger partial charge in [-0.1, -0.05) is 28.4 Å². The Morgan fingerprint density at radius 1 is 1.04 bits per heavy atom. The van der Waals surface area contributed by atoms with Crippen molar-refractivity contribution in [2.24, 2.45) is 0 Å². The molecule has 3 rings (SSSR count). The predicted octanol–water partition coefficient (Wildman–Crippen LogP) is 5.09. The first-order chi connectivity index (χ1) is 11.0. The van der Waals surface area contributed by atoms with Gasteiger partial charge in [-0.05, 0) is 36.4 Å². The Hall–Kier alpha value is -1.95. The summed E-state index contributed by atoms with van der Waals surface area (Å²) in [7, 11) is 0. The lowest BCUT2D eigenvalue weighted by atomic mass is 10.0. The van der Waals surface area contributed by atoms with Gasteiger partial charge in [0.1, 0.15) is 17.3 Å². The third-order valence-corrected chi connectivity index (χ3v) is 3.87. The van der Waals surface area contributed by atoms with Crippen LogP contribution in [0.15, 0.2) is 40.9 Å². The van der Waals surface area contributed by atoms with Gasteiger partial charge in [0.15, 0.2) is 5.76 Å². The average Bonchev–Trinajstić information content (AvgIpc) is 2.95. The fourth-order valence-electron chi connectivity index (χ4n) is 2.23. The van der Waals surface area contributed by atoms with Crippen molar-refractivity contribution in [1.82, 2.24) is 5.16 Å². The van der Waals surface area contributed by atoms with Gasteiger partial charge in [0.25, 0.3) is 0 Å². The van der Waals surface area contributed by atoms with Crippen LogP contribution >= 0.6 is 23.2 Å². The summed E-state index contributed by atoms with van der Waals surface area (Å²) in [5.41, 5.74) is 0.496. The van der Waals surface area contributed by atoms with Crippen LogP contribution in [0.4, 0.5) is 8.78 Å². The Balaban J connectivity index is 2.21. The van der Waals surface area contributed by atoms with Crippen LogP contribution in [-0.2, 0) is 6.61 Å². The second-order valence-electron chi connectivity index (χ2n) is 4.75. The van der Waals surface area contributed by atoms with E-state index in [-0.39, 0.29) is 22.6 Å². The van der Waals surface area contributed by atoms with Gasteiger partial charge in [-0.15, -0.1) is 0 Å². The number of benzene rings is 2. The van der Waals surface area contributed by atoms with Crippen molar-refractivity contribution in [2.75, 3.05) is 0 Å². The number of aliphatic hydroxyl groups is 1. The molecule has 0 unspecified atom stereocenters. The number of nitrogens with zero attached hydrogens (tertiary/aromatic N) is 1. The van der Waals surface area contributed by atoms with Crippen LogP contribution in [0.1, 0.15) is 5.56 Å². The number of hydrogen-bond donors (Lipinski definition) is 1. The smallest absolute Gasteiger partial charge is 0.174 e. The van der Waals surface area contributed by atoms with E-state index in [1.807, 2.05) is 0 Å². The topological polar surface area (TPSA) is 46.3 Å². The molecule has 0 aliphatic carbocycles. The van der Waals surface area contributed by atoms with Gasteiger partial charge >= 0.3 is 0 Å². The van der Waals surface area contributed by atoms with Crippen LogP contribution in [0.25, 0.3) is 22.6 Å². The minimum Gasteiger partial charge on any atom is -0.391 e. The summed E-state index contributed by atoms with van der Waals surface area (Å²) in [5, 5.41) is 14.1. The standard InChI is InChI=1S/C16H9Cl2F2NO2/c17-8-1-3-13(18)10(5-8)16-12(7-22)15(21-23-16)11-6-9(19)2-4-14(11)20/h1-6,22H,7H2. The number of hydrogen-bond acceptors (Lipinski definition) is 3. The van der Waals surface area contributed by atoms with Crippen molar-refractivity contribution in [3.05, 3.63) is 63.6 Å². The summed E-state index contributed by atoms with van der Waals surface area (Å²) in [6, 6.07) is 7.64. The van der Waals surface area contributed by atoms with E-state index in [0.717, 1.165) is 18.2 Å². The largest absolute Gasteiger partial charge is 0.391 e. The Bertz CT molecular complexity index is 812. The summed E-state index contributed by atoms with van der Waals surface area (Å²) in [6.45, 7) is -0.493. The van der Waals surface area contributed by atoms with Crippen LogP contribution in [0.5, 0.6) is 0 Å². The average molecular weight is 356 g/mol.